The molecule has 0 bridgehead atoms. The van der Waals surface area contributed by atoms with Gasteiger partial charge in [0.2, 0.25) is 0 Å². The van der Waals surface area contributed by atoms with Crippen LogP contribution in [0.15, 0.2) is 10.7 Å². The molecule has 0 aliphatic heterocycles. The van der Waals surface area contributed by atoms with Gasteiger partial charge in [0.25, 0.3) is 0 Å². The largest absolute Gasteiger partial charge is 0.447 e. The second-order valence-corrected chi connectivity index (χ2v) is 2.62. The monoisotopic (exact) mass is 154 g/mol. The van der Waals surface area contributed by atoms with E-state index in [0.717, 1.165) is 18.7 Å². The first-order valence-electron chi connectivity index (χ1n) is 4.03. The van der Waals surface area contributed by atoms with Crippen LogP contribution in [-0.4, -0.2) is 4.98 Å². The smallest absolute Gasteiger partial charge is 0.196 e. The van der Waals surface area contributed by atoms with Crippen LogP contribution in [0.3, 0.4) is 0 Å². The number of aryl methyl sites for hydroxylation is 1. The van der Waals surface area contributed by atoms with Crippen molar-refractivity contribution in [2.24, 2.45) is 0 Å². The van der Waals surface area contributed by atoms with Gasteiger partial charge in [-0.05, 0) is 6.42 Å². The molecule has 0 saturated carbocycles. The lowest BCUT2D eigenvalue weighted by Gasteiger charge is -1.92. The topological polar surface area (TPSA) is 52.0 Å². The number of hydrogen-bond donors (Lipinski definition) is 1. The lowest BCUT2D eigenvalue weighted by molar-refractivity contribution is 0.482. The van der Waals surface area contributed by atoms with E-state index in [1.165, 1.54) is 19.1 Å². The van der Waals surface area contributed by atoms with Crippen molar-refractivity contribution in [3.63, 3.8) is 0 Å². The van der Waals surface area contributed by atoms with E-state index in [1.54, 1.807) is 0 Å². The fourth-order valence-corrected chi connectivity index (χ4v) is 0.966. The van der Waals surface area contributed by atoms with Crippen molar-refractivity contribution in [1.82, 2.24) is 4.98 Å². The summed E-state index contributed by atoms with van der Waals surface area (Å²) in [6.07, 6.45) is 5.97. The zero-order valence-electron chi connectivity index (χ0n) is 6.84. The molecule has 0 aromatic carbocycles. The molecule has 11 heavy (non-hydrogen) atoms. The van der Waals surface area contributed by atoms with E-state index in [1.807, 2.05) is 0 Å². The van der Waals surface area contributed by atoms with Crippen LogP contribution >= 0.6 is 0 Å². The first kappa shape index (κ1) is 8.11. The number of nitrogen functional groups attached to an aromatic ring is 1. The van der Waals surface area contributed by atoms with Gasteiger partial charge in [-0.2, -0.15) is 4.98 Å². The predicted octanol–water partition coefficient (Wildman–Crippen LogP) is 1.99. The zero-order chi connectivity index (χ0) is 8.10. The van der Waals surface area contributed by atoms with Crippen molar-refractivity contribution in [3.8, 4) is 0 Å². The molecular weight excluding hydrogens is 140 g/mol. The van der Waals surface area contributed by atoms with Crippen molar-refractivity contribution in [3.05, 3.63) is 12.2 Å². The Hall–Kier alpha value is -0.990. The first-order chi connectivity index (χ1) is 5.33. The maximum atomic E-state index is 5.38. The molecule has 0 unspecified atom stereocenters. The average molecular weight is 154 g/mol. The van der Waals surface area contributed by atoms with E-state index in [-0.39, 0.29) is 0 Å². The number of nitrogens with zero attached hydrogens (tertiary/aromatic N) is 1. The molecule has 0 amide bonds. The van der Waals surface area contributed by atoms with Gasteiger partial charge in [0.05, 0.1) is 0 Å². The van der Waals surface area contributed by atoms with Crippen molar-refractivity contribution < 1.29 is 4.42 Å². The van der Waals surface area contributed by atoms with Gasteiger partial charge in [-0.25, -0.2) is 0 Å². The number of rotatable bonds is 4. The predicted molar refractivity (Wildman–Crippen MR) is 44.1 cm³/mol. The molecule has 3 heteroatoms. The fraction of sp³-hybridized carbons (Fsp3) is 0.625. The minimum absolute atomic E-state index is 0.483. The zero-order valence-corrected chi connectivity index (χ0v) is 6.84. The Labute approximate surface area is 66.6 Å². The quantitative estimate of drug-likeness (QED) is 0.675. The lowest BCUT2D eigenvalue weighted by Crippen LogP contribution is -1.87. The van der Waals surface area contributed by atoms with E-state index in [2.05, 4.69) is 11.9 Å². The van der Waals surface area contributed by atoms with E-state index >= 15 is 0 Å². The third kappa shape index (κ3) is 2.62. The summed E-state index contributed by atoms with van der Waals surface area (Å²) in [5.74, 6) is 1.24. The number of nitrogens with two attached hydrogens (primary N) is 1. The molecule has 1 rings (SSSR count). The normalized spacial score (nSPS) is 10.3. The van der Waals surface area contributed by atoms with Gasteiger partial charge in [-0.1, -0.05) is 19.8 Å². The Morgan fingerprint density at radius 3 is 2.91 bits per heavy atom. The minimum Gasteiger partial charge on any atom is -0.447 e. The van der Waals surface area contributed by atoms with Gasteiger partial charge < -0.3 is 10.2 Å². The Morgan fingerprint density at radius 2 is 2.36 bits per heavy atom. The average Bonchev–Trinajstić information content (AvgIpc) is 2.37. The molecule has 1 aromatic heterocycles. The van der Waals surface area contributed by atoms with E-state index in [9.17, 15) is 0 Å². The third-order valence-corrected chi connectivity index (χ3v) is 1.56. The van der Waals surface area contributed by atoms with Crippen molar-refractivity contribution in [1.29, 1.82) is 0 Å². The van der Waals surface area contributed by atoms with Crippen LogP contribution in [0.25, 0.3) is 0 Å². The Morgan fingerprint density at radius 1 is 1.55 bits per heavy atom. The van der Waals surface area contributed by atoms with Gasteiger partial charge in [0, 0.05) is 6.42 Å². The molecule has 0 spiro atoms. The summed E-state index contributed by atoms with van der Waals surface area (Å²) in [6.45, 7) is 2.17. The highest BCUT2D eigenvalue weighted by Gasteiger charge is 1.98. The Balaban J connectivity index is 2.27. The summed E-state index contributed by atoms with van der Waals surface area (Å²) in [6, 6.07) is 0. The van der Waals surface area contributed by atoms with Crippen LogP contribution in [0.4, 0.5) is 5.82 Å². The second kappa shape index (κ2) is 4.01. The summed E-state index contributed by atoms with van der Waals surface area (Å²) in [5, 5.41) is 0. The number of unbranched alkanes of at least 4 members (excludes halogenated alkanes) is 2. The molecule has 3 nitrogen and oxygen atoms in total. The SMILES string of the molecule is CCCCCc1nc(N)co1. The van der Waals surface area contributed by atoms with Crippen molar-refractivity contribution in [2.75, 3.05) is 5.73 Å². The number of aromatic nitrogens is 1. The highest BCUT2D eigenvalue weighted by Crippen LogP contribution is 2.07. The minimum atomic E-state index is 0.483. The van der Waals surface area contributed by atoms with E-state index in [4.69, 9.17) is 10.2 Å². The molecule has 2 N–H and O–H groups in total. The standard InChI is InChI=1S/C8H14N2O/c1-2-3-4-5-8-10-7(9)6-11-8/h6H,2-5,9H2,1H3. The highest BCUT2D eigenvalue weighted by atomic mass is 16.3. The molecule has 0 atom stereocenters. The molecule has 1 heterocycles. The summed E-state index contributed by atoms with van der Waals surface area (Å²) in [7, 11) is 0. The molecule has 62 valence electrons. The fourth-order valence-electron chi connectivity index (χ4n) is 0.966. The van der Waals surface area contributed by atoms with Gasteiger partial charge in [-0.15, -0.1) is 0 Å². The summed E-state index contributed by atoms with van der Waals surface area (Å²) in [4.78, 5) is 3.99. The molecule has 0 fully saturated rings. The van der Waals surface area contributed by atoms with E-state index in [0.29, 0.717) is 5.82 Å². The molecular formula is C8H14N2O. The summed E-state index contributed by atoms with van der Waals surface area (Å²) in [5.41, 5.74) is 5.38. The highest BCUT2D eigenvalue weighted by molar-refractivity contribution is 5.21. The molecule has 0 aliphatic carbocycles. The van der Waals surface area contributed by atoms with Gasteiger partial charge in [0.1, 0.15) is 6.26 Å². The van der Waals surface area contributed by atoms with Crippen LogP contribution in [0.2, 0.25) is 0 Å². The summed E-state index contributed by atoms with van der Waals surface area (Å²) >= 11 is 0. The summed E-state index contributed by atoms with van der Waals surface area (Å²) < 4.78 is 5.07. The third-order valence-electron chi connectivity index (χ3n) is 1.56. The number of hydrogen-bond acceptors (Lipinski definition) is 3. The van der Waals surface area contributed by atoms with Crippen LogP contribution in [0.1, 0.15) is 32.1 Å². The molecule has 0 aliphatic rings. The number of anilines is 1. The van der Waals surface area contributed by atoms with Crippen LogP contribution in [0, 0.1) is 0 Å². The van der Waals surface area contributed by atoms with Crippen molar-refractivity contribution >= 4 is 5.82 Å². The van der Waals surface area contributed by atoms with Crippen molar-refractivity contribution in [2.45, 2.75) is 32.6 Å². The maximum absolute atomic E-state index is 5.38. The number of oxazole rings is 1. The van der Waals surface area contributed by atoms with Crippen LogP contribution < -0.4 is 5.73 Å². The second-order valence-electron chi connectivity index (χ2n) is 2.62. The lowest BCUT2D eigenvalue weighted by atomic mass is 10.2. The molecule has 0 radical (unpaired) electrons. The maximum Gasteiger partial charge on any atom is 0.196 e. The first-order valence-corrected chi connectivity index (χ1v) is 4.03. The van der Waals surface area contributed by atoms with Crippen LogP contribution in [-0.2, 0) is 6.42 Å². The van der Waals surface area contributed by atoms with Crippen LogP contribution in [0.5, 0.6) is 0 Å². The molecule has 0 saturated heterocycles. The van der Waals surface area contributed by atoms with Gasteiger partial charge >= 0.3 is 0 Å². The molecule has 1 aromatic rings. The van der Waals surface area contributed by atoms with E-state index < -0.39 is 0 Å². The van der Waals surface area contributed by atoms with Gasteiger partial charge in [-0.3, -0.25) is 0 Å². The van der Waals surface area contributed by atoms with Gasteiger partial charge in [0.15, 0.2) is 11.7 Å². The Bertz CT molecular complexity index is 208. The Kier molecular flexibility index (Phi) is 2.95.